The second kappa shape index (κ2) is 8.08. The zero-order valence-corrected chi connectivity index (χ0v) is 12.5. The summed E-state index contributed by atoms with van der Waals surface area (Å²) in [6.07, 6.45) is -0.460. The van der Waals surface area contributed by atoms with E-state index in [0.717, 1.165) is 0 Å². The molecular weight excluding hydrogens is 298 g/mol. The van der Waals surface area contributed by atoms with Crippen LogP contribution in [0.3, 0.4) is 0 Å². The molecule has 118 valence electrons. The molecule has 1 aromatic carbocycles. The van der Waals surface area contributed by atoms with Crippen LogP contribution in [-0.2, 0) is 20.5 Å². The lowest BCUT2D eigenvalue weighted by atomic mass is 10.1. The molecule has 0 radical (unpaired) electrons. The number of rotatable bonds is 9. The summed E-state index contributed by atoms with van der Waals surface area (Å²) in [7, 11) is -2.08. The minimum Gasteiger partial charge on any atom is -0.478 e. The van der Waals surface area contributed by atoms with Crippen LogP contribution < -0.4 is 4.72 Å². The SMILES string of the molecule is COCC(O)CCNS(=O)(=O)Cc1ccc(C(=O)O)cc1. The number of aliphatic hydroxyl groups excluding tert-OH is 1. The van der Waals surface area contributed by atoms with Gasteiger partial charge in [0.1, 0.15) is 0 Å². The highest BCUT2D eigenvalue weighted by molar-refractivity contribution is 7.88. The number of aromatic carboxylic acids is 1. The van der Waals surface area contributed by atoms with Gasteiger partial charge in [0.25, 0.3) is 0 Å². The van der Waals surface area contributed by atoms with Gasteiger partial charge in [-0.05, 0) is 24.1 Å². The van der Waals surface area contributed by atoms with Crippen LogP contribution in [0.25, 0.3) is 0 Å². The fourth-order valence-corrected chi connectivity index (χ4v) is 2.83. The number of carbonyl (C=O) groups is 1. The number of aliphatic hydroxyl groups is 1. The molecule has 8 heteroatoms. The number of hydrogen-bond donors (Lipinski definition) is 3. The fraction of sp³-hybridized carbons (Fsp3) is 0.462. The summed E-state index contributed by atoms with van der Waals surface area (Å²) in [6, 6.07) is 5.63. The van der Waals surface area contributed by atoms with Crippen LogP contribution in [0.1, 0.15) is 22.3 Å². The Kier molecular flexibility index (Phi) is 6.76. The first-order valence-corrected chi connectivity index (χ1v) is 7.96. The fourth-order valence-electron chi connectivity index (χ4n) is 1.67. The van der Waals surface area contributed by atoms with Crippen LogP contribution in [-0.4, -0.2) is 51.0 Å². The molecule has 1 aromatic rings. The lowest BCUT2D eigenvalue weighted by Gasteiger charge is -2.10. The third kappa shape index (κ3) is 6.67. The van der Waals surface area contributed by atoms with E-state index < -0.39 is 22.1 Å². The standard InChI is InChI=1S/C13H19NO6S/c1-20-8-12(15)6-7-14-21(18,19)9-10-2-4-11(5-3-10)13(16)17/h2-5,12,14-15H,6-9H2,1H3,(H,16,17). The van der Waals surface area contributed by atoms with E-state index in [1.165, 1.54) is 31.4 Å². The molecule has 0 fully saturated rings. The molecule has 0 saturated carbocycles. The predicted octanol–water partition coefficient (Wildman–Crippen LogP) is 0.202. The number of hydrogen-bond acceptors (Lipinski definition) is 5. The van der Waals surface area contributed by atoms with Gasteiger partial charge in [-0.1, -0.05) is 12.1 Å². The number of ether oxygens (including phenoxy) is 1. The Labute approximate surface area is 123 Å². The largest absolute Gasteiger partial charge is 0.478 e. The molecule has 7 nitrogen and oxygen atoms in total. The predicted molar refractivity (Wildman–Crippen MR) is 76.5 cm³/mol. The average molecular weight is 317 g/mol. The number of benzene rings is 1. The van der Waals surface area contributed by atoms with E-state index in [-0.39, 0.29) is 30.9 Å². The first-order valence-electron chi connectivity index (χ1n) is 6.30. The lowest BCUT2D eigenvalue weighted by molar-refractivity contribution is 0.0603. The van der Waals surface area contributed by atoms with Crippen molar-refractivity contribution in [3.63, 3.8) is 0 Å². The van der Waals surface area contributed by atoms with Crippen molar-refractivity contribution in [2.24, 2.45) is 0 Å². The van der Waals surface area contributed by atoms with E-state index >= 15 is 0 Å². The van der Waals surface area contributed by atoms with E-state index in [4.69, 9.17) is 9.84 Å². The second-order valence-electron chi connectivity index (χ2n) is 4.55. The highest BCUT2D eigenvalue weighted by Crippen LogP contribution is 2.08. The minimum absolute atomic E-state index is 0.104. The van der Waals surface area contributed by atoms with Gasteiger partial charge in [-0.15, -0.1) is 0 Å². The summed E-state index contributed by atoms with van der Waals surface area (Å²) >= 11 is 0. The van der Waals surface area contributed by atoms with Crippen molar-refractivity contribution in [1.82, 2.24) is 4.72 Å². The van der Waals surface area contributed by atoms with Gasteiger partial charge in [-0.3, -0.25) is 0 Å². The summed E-state index contributed by atoms with van der Waals surface area (Å²) < 4.78 is 30.7. The Morgan fingerprint density at radius 2 is 1.95 bits per heavy atom. The van der Waals surface area contributed by atoms with Crippen molar-refractivity contribution in [3.05, 3.63) is 35.4 Å². The monoisotopic (exact) mass is 317 g/mol. The maximum Gasteiger partial charge on any atom is 0.335 e. The molecule has 1 rings (SSSR count). The second-order valence-corrected chi connectivity index (χ2v) is 6.36. The van der Waals surface area contributed by atoms with Gasteiger partial charge >= 0.3 is 5.97 Å². The first-order chi connectivity index (χ1) is 9.84. The van der Waals surface area contributed by atoms with Crippen LogP contribution in [0, 0.1) is 0 Å². The summed E-state index contributed by atoms with van der Waals surface area (Å²) in [5.74, 6) is -1.30. The van der Waals surface area contributed by atoms with Crippen molar-refractivity contribution in [3.8, 4) is 0 Å². The zero-order chi connectivity index (χ0) is 15.9. The van der Waals surface area contributed by atoms with Crippen molar-refractivity contribution in [2.75, 3.05) is 20.3 Å². The van der Waals surface area contributed by atoms with Crippen LogP contribution in [0.2, 0.25) is 0 Å². The van der Waals surface area contributed by atoms with Gasteiger partial charge < -0.3 is 14.9 Å². The molecule has 3 N–H and O–H groups in total. The average Bonchev–Trinajstić information content (AvgIpc) is 2.38. The topological polar surface area (TPSA) is 113 Å². The van der Waals surface area contributed by atoms with Crippen LogP contribution in [0.4, 0.5) is 0 Å². The Hall–Kier alpha value is -1.48. The molecule has 0 aliphatic carbocycles. The molecule has 21 heavy (non-hydrogen) atoms. The number of methoxy groups -OCH3 is 1. The minimum atomic E-state index is -3.53. The molecule has 0 bridgehead atoms. The van der Waals surface area contributed by atoms with Gasteiger partial charge in [0, 0.05) is 13.7 Å². The van der Waals surface area contributed by atoms with E-state index in [2.05, 4.69) is 4.72 Å². The van der Waals surface area contributed by atoms with Gasteiger partial charge in [0.05, 0.1) is 24.0 Å². The van der Waals surface area contributed by atoms with Crippen molar-refractivity contribution in [2.45, 2.75) is 18.3 Å². The maximum absolute atomic E-state index is 11.8. The smallest absolute Gasteiger partial charge is 0.335 e. The third-order valence-electron chi connectivity index (χ3n) is 2.72. The van der Waals surface area contributed by atoms with Crippen molar-refractivity contribution >= 4 is 16.0 Å². The summed E-state index contributed by atoms with van der Waals surface area (Å²) in [5.41, 5.74) is 0.594. The van der Waals surface area contributed by atoms with E-state index in [0.29, 0.717) is 5.56 Å². The van der Waals surface area contributed by atoms with Gasteiger partial charge in [0.15, 0.2) is 0 Å². The molecule has 0 saturated heterocycles. The third-order valence-corrected chi connectivity index (χ3v) is 4.07. The number of carboxylic acids is 1. The molecule has 0 amide bonds. The van der Waals surface area contributed by atoms with Crippen molar-refractivity contribution in [1.29, 1.82) is 0 Å². The Bertz CT molecular complexity index is 555. The maximum atomic E-state index is 11.8. The molecular formula is C13H19NO6S. The highest BCUT2D eigenvalue weighted by atomic mass is 32.2. The summed E-state index contributed by atoms with van der Waals surface area (Å²) in [6.45, 7) is 0.262. The normalized spacial score (nSPS) is 13.0. The molecule has 0 aliphatic heterocycles. The van der Waals surface area contributed by atoms with Crippen LogP contribution in [0.15, 0.2) is 24.3 Å². The number of nitrogens with one attached hydrogen (secondary N) is 1. The lowest BCUT2D eigenvalue weighted by Crippen LogP contribution is -2.29. The molecule has 0 aliphatic rings. The van der Waals surface area contributed by atoms with Gasteiger partial charge in [0.2, 0.25) is 10.0 Å². The molecule has 1 atom stereocenters. The Morgan fingerprint density at radius 1 is 1.33 bits per heavy atom. The van der Waals surface area contributed by atoms with Crippen LogP contribution >= 0.6 is 0 Å². The molecule has 0 aromatic heterocycles. The van der Waals surface area contributed by atoms with E-state index in [1.807, 2.05) is 0 Å². The Morgan fingerprint density at radius 3 is 2.48 bits per heavy atom. The summed E-state index contributed by atoms with van der Waals surface area (Å²) in [4.78, 5) is 10.7. The van der Waals surface area contributed by atoms with E-state index in [9.17, 15) is 18.3 Å². The summed E-state index contributed by atoms with van der Waals surface area (Å²) in [5, 5.41) is 18.2. The molecule has 1 unspecified atom stereocenters. The molecule has 0 heterocycles. The Balaban J connectivity index is 2.50. The first kappa shape index (κ1) is 17.6. The number of sulfonamides is 1. The van der Waals surface area contributed by atoms with Gasteiger partial charge in [-0.2, -0.15) is 0 Å². The number of carboxylic acid groups (broad SMARTS) is 1. The zero-order valence-electron chi connectivity index (χ0n) is 11.7. The van der Waals surface area contributed by atoms with Crippen molar-refractivity contribution < 1.29 is 28.2 Å². The highest BCUT2D eigenvalue weighted by Gasteiger charge is 2.13. The van der Waals surface area contributed by atoms with Gasteiger partial charge in [-0.25, -0.2) is 17.9 Å². The van der Waals surface area contributed by atoms with E-state index in [1.54, 1.807) is 0 Å². The van der Waals surface area contributed by atoms with Crippen LogP contribution in [0.5, 0.6) is 0 Å². The quantitative estimate of drug-likeness (QED) is 0.600. The molecule has 0 spiro atoms.